The van der Waals surface area contributed by atoms with Crippen molar-refractivity contribution >= 4 is 0 Å². The van der Waals surface area contributed by atoms with Crippen molar-refractivity contribution in [3.63, 3.8) is 0 Å². The van der Waals surface area contributed by atoms with E-state index in [1.807, 2.05) is 31.2 Å². The second kappa shape index (κ2) is 6.62. The van der Waals surface area contributed by atoms with E-state index in [4.69, 9.17) is 15.2 Å². The van der Waals surface area contributed by atoms with Crippen LogP contribution in [0.4, 0.5) is 0 Å². The topological polar surface area (TPSA) is 44.5 Å². The lowest BCUT2D eigenvalue weighted by atomic mass is 10.0. The molecule has 1 rings (SSSR count). The lowest BCUT2D eigenvalue weighted by Gasteiger charge is -2.24. The van der Waals surface area contributed by atoms with Crippen LogP contribution < -0.4 is 10.5 Å². The van der Waals surface area contributed by atoms with Gasteiger partial charge in [0, 0.05) is 18.2 Å². The molecule has 0 saturated heterocycles. The molecule has 0 radical (unpaired) electrons. The molecule has 0 fully saturated rings. The number of benzene rings is 1. The first kappa shape index (κ1) is 14.0. The van der Waals surface area contributed by atoms with Crippen LogP contribution in [-0.4, -0.2) is 19.8 Å². The Hall–Kier alpha value is -1.06. The zero-order valence-electron chi connectivity index (χ0n) is 11.1. The van der Waals surface area contributed by atoms with Crippen molar-refractivity contribution in [2.45, 2.75) is 32.9 Å². The van der Waals surface area contributed by atoms with Crippen LogP contribution in [0, 0.1) is 5.92 Å². The first-order chi connectivity index (χ1) is 8.06. The number of hydrogen-bond donors (Lipinski definition) is 1. The summed E-state index contributed by atoms with van der Waals surface area (Å²) in [6.07, 6.45) is -0.117. The lowest BCUT2D eigenvalue weighted by molar-refractivity contribution is 0.0207. The summed E-state index contributed by atoms with van der Waals surface area (Å²) in [4.78, 5) is 0. The van der Waals surface area contributed by atoms with Gasteiger partial charge in [-0.1, -0.05) is 32.0 Å². The quantitative estimate of drug-likeness (QED) is 0.827. The number of rotatable bonds is 6. The number of methoxy groups -OCH3 is 1. The molecular weight excluding hydrogens is 214 g/mol. The van der Waals surface area contributed by atoms with Crippen molar-refractivity contribution in [2.24, 2.45) is 11.7 Å². The van der Waals surface area contributed by atoms with E-state index in [0.717, 1.165) is 11.3 Å². The Labute approximate surface area is 104 Å². The van der Waals surface area contributed by atoms with E-state index in [1.54, 1.807) is 7.11 Å². The van der Waals surface area contributed by atoms with Crippen molar-refractivity contribution in [1.29, 1.82) is 0 Å². The van der Waals surface area contributed by atoms with Gasteiger partial charge in [0.25, 0.3) is 0 Å². The molecule has 0 aliphatic heterocycles. The fraction of sp³-hybridized carbons (Fsp3) is 0.571. The molecule has 0 bridgehead atoms. The predicted octanol–water partition coefficient (Wildman–Crippen LogP) is 2.76. The molecule has 1 aromatic rings. The van der Waals surface area contributed by atoms with Crippen LogP contribution in [0.1, 0.15) is 32.4 Å². The molecule has 0 amide bonds. The highest BCUT2D eigenvalue weighted by atomic mass is 16.5. The first-order valence-electron chi connectivity index (χ1n) is 6.06. The van der Waals surface area contributed by atoms with Crippen LogP contribution in [-0.2, 0) is 4.74 Å². The molecule has 17 heavy (non-hydrogen) atoms. The molecule has 0 spiro atoms. The van der Waals surface area contributed by atoms with Crippen molar-refractivity contribution < 1.29 is 9.47 Å². The van der Waals surface area contributed by atoms with E-state index in [9.17, 15) is 0 Å². The Balaban J connectivity index is 2.89. The highest BCUT2D eigenvalue weighted by molar-refractivity contribution is 5.35. The highest BCUT2D eigenvalue weighted by Crippen LogP contribution is 2.29. The maximum Gasteiger partial charge on any atom is 0.124 e. The van der Waals surface area contributed by atoms with Gasteiger partial charge >= 0.3 is 0 Å². The van der Waals surface area contributed by atoms with Crippen LogP contribution in [0.25, 0.3) is 0 Å². The molecule has 0 aromatic heterocycles. The van der Waals surface area contributed by atoms with E-state index in [-0.39, 0.29) is 12.1 Å². The second-order valence-corrected chi connectivity index (χ2v) is 4.75. The SMILES string of the molecule is COc1ccccc1C(OCC(C)C)C(C)N. The average Bonchev–Trinajstić information content (AvgIpc) is 2.29. The third kappa shape index (κ3) is 4.02. The minimum atomic E-state index is -0.117. The zero-order chi connectivity index (χ0) is 12.8. The molecule has 0 heterocycles. The lowest BCUT2D eigenvalue weighted by Crippen LogP contribution is -2.28. The van der Waals surface area contributed by atoms with Gasteiger partial charge in [-0.2, -0.15) is 0 Å². The van der Waals surface area contributed by atoms with E-state index < -0.39 is 0 Å². The van der Waals surface area contributed by atoms with Gasteiger partial charge in [-0.3, -0.25) is 0 Å². The van der Waals surface area contributed by atoms with E-state index >= 15 is 0 Å². The predicted molar refractivity (Wildman–Crippen MR) is 70.2 cm³/mol. The molecule has 0 aliphatic rings. The zero-order valence-corrected chi connectivity index (χ0v) is 11.1. The van der Waals surface area contributed by atoms with Gasteiger partial charge in [-0.05, 0) is 18.9 Å². The molecule has 0 aliphatic carbocycles. The Morgan fingerprint density at radius 2 is 1.82 bits per heavy atom. The molecule has 3 nitrogen and oxygen atoms in total. The van der Waals surface area contributed by atoms with Gasteiger partial charge in [0.05, 0.1) is 7.11 Å². The minimum Gasteiger partial charge on any atom is -0.496 e. The third-order valence-electron chi connectivity index (χ3n) is 2.53. The van der Waals surface area contributed by atoms with E-state index in [1.165, 1.54) is 0 Å². The monoisotopic (exact) mass is 237 g/mol. The van der Waals surface area contributed by atoms with Crippen molar-refractivity contribution in [3.05, 3.63) is 29.8 Å². The van der Waals surface area contributed by atoms with Crippen LogP contribution in [0.2, 0.25) is 0 Å². The molecule has 96 valence electrons. The maximum absolute atomic E-state index is 6.00. The fourth-order valence-electron chi connectivity index (χ4n) is 1.72. The summed E-state index contributed by atoms with van der Waals surface area (Å²) in [6.45, 7) is 6.91. The van der Waals surface area contributed by atoms with Crippen molar-refractivity contribution in [2.75, 3.05) is 13.7 Å². The Morgan fingerprint density at radius 3 is 2.35 bits per heavy atom. The first-order valence-corrected chi connectivity index (χ1v) is 6.06. The summed E-state index contributed by atoms with van der Waals surface area (Å²) in [5.41, 5.74) is 7.02. The fourth-order valence-corrected chi connectivity index (χ4v) is 1.72. The molecule has 2 unspecified atom stereocenters. The third-order valence-corrected chi connectivity index (χ3v) is 2.53. The highest BCUT2D eigenvalue weighted by Gasteiger charge is 2.20. The summed E-state index contributed by atoms with van der Waals surface area (Å²) in [6, 6.07) is 7.80. The summed E-state index contributed by atoms with van der Waals surface area (Å²) in [5, 5.41) is 0. The Kier molecular flexibility index (Phi) is 5.45. The summed E-state index contributed by atoms with van der Waals surface area (Å²) < 4.78 is 11.2. The van der Waals surface area contributed by atoms with Gasteiger partial charge in [-0.15, -0.1) is 0 Å². The van der Waals surface area contributed by atoms with E-state index in [0.29, 0.717) is 12.5 Å². The van der Waals surface area contributed by atoms with Crippen LogP contribution in [0.15, 0.2) is 24.3 Å². The van der Waals surface area contributed by atoms with Crippen molar-refractivity contribution in [1.82, 2.24) is 0 Å². The minimum absolute atomic E-state index is 0.0648. The maximum atomic E-state index is 6.00. The normalized spacial score (nSPS) is 14.7. The van der Waals surface area contributed by atoms with Crippen LogP contribution in [0.5, 0.6) is 5.75 Å². The number of nitrogens with two attached hydrogens (primary N) is 1. The molecule has 1 aromatic carbocycles. The summed E-state index contributed by atoms with van der Waals surface area (Å²) in [7, 11) is 1.67. The van der Waals surface area contributed by atoms with Gasteiger partial charge < -0.3 is 15.2 Å². The second-order valence-electron chi connectivity index (χ2n) is 4.75. The number of para-hydroxylation sites is 1. The smallest absolute Gasteiger partial charge is 0.124 e. The Morgan fingerprint density at radius 1 is 1.18 bits per heavy atom. The van der Waals surface area contributed by atoms with Crippen LogP contribution in [0.3, 0.4) is 0 Å². The largest absolute Gasteiger partial charge is 0.496 e. The van der Waals surface area contributed by atoms with Gasteiger partial charge in [0.1, 0.15) is 11.9 Å². The van der Waals surface area contributed by atoms with E-state index in [2.05, 4.69) is 13.8 Å². The molecule has 0 saturated carbocycles. The molecular formula is C14H23NO2. The Bertz CT molecular complexity index is 337. The molecule has 2 atom stereocenters. The molecule has 3 heteroatoms. The van der Waals surface area contributed by atoms with Gasteiger partial charge in [0.15, 0.2) is 0 Å². The summed E-state index contributed by atoms with van der Waals surface area (Å²) >= 11 is 0. The standard InChI is InChI=1S/C14H23NO2/c1-10(2)9-17-14(11(3)15)12-7-5-6-8-13(12)16-4/h5-8,10-11,14H,9,15H2,1-4H3. The van der Waals surface area contributed by atoms with Crippen LogP contribution >= 0.6 is 0 Å². The number of ether oxygens (including phenoxy) is 2. The van der Waals surface area contributed by atoms with Gasteiger partial charge in [0.2, 0.25) is 0 Å². The number of hydrogen-bond acceptors (Lipinski definition) is 3. The summed E-state index contributed by atoms with van der Waals surface area (Å²) in [5.74, 6) is 1.32. The molecule has 2 N–H and O–H groups in total. The van der Waals surface area contributed by atoms with Crippen molar-refractivity contribution in [3.8, 4) is 5.75 Å². The van der Waals surface area contributed by atoms with Gasteiger partial charge in [-0.25, -0.2) is 0 Å². The average molecular weight is 237 g/mol.